The van der Waals surface area contributed by atoms with Gasteiger partial charge in [0, 0.05) is 0 Å². The summed E-state index contributed by atoms with van der Waals surface area (Å²) in [6.07, 6.45) is 6.62. The van der Waals surface area contributed by atoms with Crippen LogP contribution < -0.4 is 4.31 Å². The maximum Gasteiger partial charge on any atom is 0.239 e. The van der Waals surface area contributed by atoms with Gasteiger partial charge in [-0.25, -0.2) is 8.42 Å². The fourth-order valence-corrected chi connectivity index (χ4v) is 3.73. The fraction of sp³-hybridized carbons (Fsp3) is 0.353. The Morgan fingerprint density at radius 2 is 1.81 bits per heavy atom. The summed E-state index contributed by atoms with van der Waals surface area (Å²) >= 11 is 0. The lowest BCUT2D eigenvalue weighted by Gasteiger charge is -2.30. The molecule has 0 N–H and O–H groups in total. The molecule has 0 aliphatic rings. The van der Waals surface area contributed by atoms with Crippen molar-refractivity contribution in [2.24, 2.45) is 0 Å². The predicted octanol–water partition coefficient (Wildman–Crippen LogP) is 3.96. The molecule has 0 bridgehead atoms. The number of rotatable bonds is 10. The third kappa shape index (κ3) is 5.05. The van der Waals surface area contributed by atoms with E-state index < -0.39 is 10.0 Å². The van der Waals surface area contributed by atoms with Crippen LogP contribution in [0.3, 0.4) is 0 Å². The first-order chi connectivity index (χ1) is 10.1. The molecule has 0 aliphatic carbocycles. The van der Waals surface area contributed by atoms with E-state index in [1.54, 1.807) is 18.2 Å². The molecule has 1 unspecified atom stereocenters. The summed E-state index contributed by atoms with van der Waals surface area (Å²) in [6.45, 7) is 11.2. The Kier molecular flexibility index (Phi) is 7.23. The van der Waals surface area contributed by atoms with Crippen molar-refractivity contribution in [3.05, 3.63) is 62.6 Å². The maximum absolute atomic E-state index is 12.6. The molecule has 1 aromatic carbocycles. The molecule has 21 heavy (non-hydrogen) atoms. The van der Waals surface area contributed by atoms with E-state index in [1.807, 2.05) is 18.2 Å². The van der Waals surface area contributed by atoms with Crippen LogP contribution in [0.25, 0.3) is 0 Å². The van der Waals surface area contributed by atoms with Gasteiger partial charge in [0.15, 0.2) is 0 Å². The van der Waals surface area contributed by atoms with Crippen molar-refractivity contribution in [1.29, 1.82) is 0 Å². The molecule has 0 saturated carbocycles. The van der Waals surface area contributed by atoms with Crippen molar-refractivity contribution in [2.75, 3.05) is 10.1 Å². The van der Waals surface area contributed by atoms with Crippen LogP contribution >= 0.6 is 0 Å². The Hall–Kier alpha value is -1.55. The number of para-hydroxylation sites is 1. The average molecular weight is 306 g/mol. The molecule has 0 saturated heterocycles. The lowest BCUT2D eigenvalue weighted by Crippen LogP contribution is -2.40. The zero-order chi connectivity index (χ0) is 15.7. The van der Waals surface area contributed by atoms with Crippen LogP contribution in [0.4, 0.5) is 5.69 Å². The van der Waals surface area contributed by atoms with Crippen molar-refractivity contribution in [3.63, 3.8) is 0 Å². The van der Waals surface area contributed by atoms with Crippen molar-refractivity contribution >= 4 is 15.7 Å². The summed E-state index contributed by atoms with van der Waals surface area (Å²) in [7, 11) is -3.45. The first kappa shape index (κ1) is 17.5. The molecule has 1 radical (unpaired) electrons. The number of hydrogen-bond acceptors (Lipinski definition) is 2. The topological polar surface area (TPSA) is 37.4 Å². The van der Waals surface area contributed by atoms with E-state index in [1.165, 1.54) is 10.4 Å². The van der Waals surface area contributed by atoms with Gasteiger partial charge in [0.1, 0.15) is 0 Å². The van der Waals surface area contributed by atoms with Crippen LogP contribution in [0.2, 0.25) is 0 Å². The predicted molar refractivity (Wildman–Crippen MR) is 90.7 cm³/mol. The number of nitrogens with zero attached hydrogens (tertiary/aromatic N) is 1. The molecule has 115 valence electrons. The SMILES string of the molecule is [CH2]CCCCC(C=C)N(c1ccccc1)S(=O)(=O)CC=C. The Bertz CT molecular complexity index is 537. The van der Waals surface area contributed by atoms with Gasteiger partial charge in [0.25, 0.3) is 0 Å². The minimum absolute atomic E-state index is 0.0818. The van der Waals surface area contributed by atoms with Crippen LogP contribution in [-0.2, 0) is 10.0 Å². The summed E-state index contributed by atoms with van der Waals surface area (Å²) < 4.78 is 26.6. The molecule has 0 aliphatic heterocycles. The maximum atomic E-state index is 12.6. The lowest BCUT2D eigenvalue weighted by atomic mass is 10.1. The van der Waals surface area contributed by atoms with Crippen molar-refractivity contribution in [3.8, 4) is 0 Å². The molecule has 4 heteroatoms. The molecule has 0 aromatic heterocycles. The minimum Gasteiger partial charge on any atom is -0.263 e. The van der Waals surface area contributed by atoms with Crippen molar-refractivity contribution < 1.29 is 8.42 Å². The van der Waals surface area contributed by atoms with E-state index >= 15 is 0 Å². The second-order valence-electron chi connectivity index (χ2n) is 4.85. The first-order valence-electron chi connectivity index (χ1n) is 7.16. The van der Waals surface area contributed by atoms with Crippen LogP contribution in [-0.4, -0.2) is 20.2 Å². The van der Waals surface area contributed by atoms with Gasteiger partial charge in [0.05, 0.1) is 17.5 Å². The molecular formula is C17H24NO2S. The fourth-order valence-electron chi connectivity index (χ4n) is 2.22. The molecule has 0 heterocycles. The van der Waals surface area contributed by atoms with Crippen LogP contribution in [0, 0.1) is 6.92 Å². The quantitative estimate of drug-likeness (QED) is 0.485. The van der Waals surface area contributed by atoms with Gasteiger partial charge in [0.2, 0.25) is 10.0 Å². The second-order valence-corrected chi connectivity index (χ2v) is 6.74. The molecule has 1 aromatic rings. The largest absolute Gasteiger partial charge is 0.263 e. The van der Waals surface area contributed by atoms with Crippen LogP contribution in [0.5, 0.6) is 0 Å². The average Bonchev–Trinajstić information content (AvgIpc) is 2.47. The zero-order valence-electron chi connectivity index (χ0n) is 12.4. The summed E-state index contributed by atoms with van der Waals surface area (Å²) in [4.78, 5) is 0. The third-order valence-corrected chi connectivity index (χ3v) is 4.95. The minimum atomic E-state index is -3.45. The van der Waals surface area contributed by atoms with E-state index in [2.05, 4.69) is 20.1 Å². The van der Waals surface area contributed by atoms with Gasteiger partial charge >= 0.3 is 0 Å². The van der Waals surface area contributed by atoms with Crippen LogP contribution in [0.15, 0.2) is 55.6 Å². The summed E-state index contributed by atoms with van der Waals surface area (Å²) in [5.74, 6) is -0.0818. The van der Waals surface area contributed by atoms with Gasteiger partial charge in [-0.3, -0.25) is 4.31 Å². The Balaban J connectivity index is 3.11. The zero-order valence-corrected chi connectivity index (χ0v) is 13.3. The number of benzene rings is 1. The lowest BCUT2D eigenvalue weighted by molar-refractivity contribution is 0.574. The monoisotopic (exact) mass is 306 g/mol. The molecule has 0 fully saturated rings. The van der Waals surface area contributed by atoms with Gasteiger partial charge in [-0.15, -0.1) is 13.2 Å². The van der Waals surface area contributed by atoms with Gasteiger partial charge in [-0.2, -0.15) is 0 Å². The molecule has 0 amide bonds. The van der Waals surface area contributed by atoms with Gasteiger partial charge in [-0.1, -0.05) is 56.5 Å². The summed E-state index contributed by atoms with van der Waals surface area (Å²) in [5, 5.41) is 0. The standard InChI is InChI=1S/C17H24NO2S/c1-4-7-9-12-16(6-3)18(21(19,20)15-5-2)17-13-10-8-11-14-17/h5-6,8,10-11,13-14,16H,1-4,7,9,12,15H2. The van der Waals surface area contributed by atoms with Crippen molar-refractivity contribution in [2.45, 2.75) is 31.7 Å². The van der Waals surface area contributed by atoms with E-state index in [-0.39, 0.29) is 11.8 Å². The van der Waals surface area contributed by atoms with E-state index in [0.717, 1.165) is 25.7 Å². The summed E-state index contributed by atoms with van der Waals surface area (Å²) in [5.41, 5.74) is 0.666. The van der Waals surface area contributed by atoms with E-state index in [0.29, 0.717) is 5.69 Å². The Labute approximate surface area is 129 Å². The number of unbranched alkanes of at least 4 members (excludes halogenated alkanes) is 2. The van der Waals surface area contributed by atoms with Gasteiger partial charge in [-0.05, 0) is 18.6 Å². The van der Waals surface area contributed by atoms with E-state index in [9.17, 15) is 8.42 Å². The Morgan fingerprint density at radius 1 is 1.14 bits per heavy atom. The summed E-state index contributed by atoms with van der Waals surface area (Å²) in [6, 6.07) is 8.90. The Morgan fingerprint density at radius 3 is 2.33 bits per heavy atom. The number of sulfonamides is 1. The van der Waals surface area contributed by atoms with Crippen LogP contribution in [0.1, 0.15) is 25.7 Å². The highest BCUT2D eigenvalue weighted by molar-refractivity contribution is 7.92. The number of hydrogen-bond donors (Lipinski definition) is 0. The highest BCUT2D eigenvalue weighted by atomic mass is 32.2. The first-order valence-corrected chi connectivity index (χ1v) is 8.77. The molecule has 3 nitrogen and oxygen atoms in total. The molecule has 1 rings (SSSR count). The third-order valence-electron chi connectivity index (χ3n) is 3.21. The molecule has 1 atom stereocenters. The van der Waals surface area contributed by atoms with E-state index in [4.69, 9.17) is 0 Å². The van der Waals surface area contributed by atoms with Gasteiger partial charge < -0.3 is 0 Å². The highest BCUT2D eigenvalue weighted by Gasteiger charge is 2.27. The molecule has 0 spiro atoms. The number of anilines is 1. The smallest absolute Gasteiger partial charge is 0.239 e. The highest BCUT2D eigenvalue weighted by Crippen LogP contribution is 2.24. The normalized spacial score (nSPS) is 12.6. The van der Waals surface area contributed by atoms with Crippen molar-refractivity contribution in [1.82, 2.24) is 0 Å². The molecular weight excluding hydrogens is 282 g/mol. The second kappa shape index (κ2) is 8.67.